The van der Waals surface area contributed by atoms with Gasteiger partial charge < -0.3 is 9.26 Å². The summed E-state index contributed by atoms with van der Waals surface area (Å²) >= 11 is 0. The quantitative estimate of drug-likeness (QED) is 0.468. The van der Waals surface area contributed by atoms with E-state index in [0.29, 0.717) is 34.6 Å². The molecular formula is C16H13N9O2. The highest BCUT2D eigenvalue weighted by molar-refractivity contribution is 6.04. The van der Waals surface area contributed by atoms with E-state index in [1.165, 1.54) is 0 Å². The maximum absolute atomic E-state index is 5.54. The molecule has 0 aliphatic rings. The first-order valence-electron chi connectivity index (χ1n) is 8.04. The molecule has 0 fully saturated rings. The van der Waals surface area contributed by atoms with Crippen LogP contribution in [0.4, 0.5) is 0 Å². The Morgan fingerprint density at radius 3 is 2.74 bits per heavy atom. The normalized spacial score (nSPS) is 11.5. The van der Waals surface area contributed by atoms with Crippen molar-refractivity contribution >= 4 is 16.4 Å². The molecule has 0 unspecified atom stereocenters. The van der Waals surface area contributed by atoms with Crippen molar-refractivity contribution < 1.29 is 9.26 Å². The first kappa shape index (κ1) is 15.4. The Morgan fingerprint density at radius 2 is 2.04 bits per heavy atom. The average Bonchev–Trinajstić information content (AvgIpc) is 3.39. The van der Waals surface area contributed by atoms with Crippen molar-refractivity contribution in [1.29, 1.82) is 0 Å². The van der Waals surface area contributed by atoms with Gasteiger partial charge in [0.05, 0.1) is 12.5 Å². The van der Waals surface area contributed by atoms with E-state index in [9.17, 15) is 0 Å². The van der Waals surface area contributed by atoms with Crippen molar-refractivity contribution in [2.75, 3.05) is 7.11 Å². The Morgan fingerprint density at radius 1 is 1.15 bits per heavy atom. The third-order valence-corrected chi connectivity index (χ3v) is 4.09. The van der Waals surface area contributed by atoms with Gasteiger partial charge >= 0.3 is 0 Å². The van der Waals surface area contributed by atoms with Gasteiger partial charge in [-0.1, -0.05) is 17.3 Å². The Hall–Kier alpha value is -3.89. The summed E-state index contributed by atoms with van der Waals surface area (Å²) < 4.78 is 13.9. The van der Waals surface area contributed by atoms with Crippen molar-refractivity contribution in [2.24, 2.45) is 7.05 Å². The molecule has 0 spiro atoms. The molecular weight excluding hydrogens is 350 g/mol. The minimum atomic E-state index is 0.231. The first-order chi connectivity index (χ1) is 13.2. The van der Waals surface area contributed by atoms with Crippen LogP contribution in [-0.4, -0.2) is 51.8 Å². The predicted molar refractivity (Wildman–Crippen MR) is 92.9 cm³/mol. The third kappa shape index (κ3) is 2.25. The Bertz CT molecular complexity index is 1300. The van der Waals surface area contributed by atoms with E-state index in [4.69, 9.17) is 9.26 Å². The summed E-state index contributed by atoms with van der Waals surface area (Å²) in [5.41, 5.74) is 1.07. The fraction of sp³-hybridized carbons (Fsp3) is 0.188. The molecule has 0 radical (unpaired) electrons. The molecule has 5 rings (SSSR count). The number of benzene rings is 1. The van der Waals surface area contributed by atoms with Gasteiger partial charge in [0, 0.05) is 12.4 Å². The van der Waals surface area contributed by atoms with E-state index in [2.05, 4.69) is 35.5 Å². The zero-order valence-electron chi connectivity index (χ0n) is 14.7. The molecule has 0 amide bonds. The molecule has 11 nitrogen and oxygen atoms in total. The van der Waals surface area contributed by atoms with E-state index >= 15 is 0 Å². The number of nitrogens with zero attached hydrogens (tertiary/aromatic N) is 9. The lowest BCUT2D eigenvalue weighted by Crippen LogP contribution is -2.02. The summed E-state index contributed by atoms with van der Waals surface area (Å²) in [5.74, 6) is 2.16. The van der Waals surface area contributed by atoms with Gasteiger partial charge in [0.15, 0.2) is 11.5 Å². The molecule has 134 valence electrons. The molecule has 0 N–H and O–H groups in total. The molecule has 0 saturated carbocycles. The van der Waals surface area contributed by atoms with Crippen molar-refractivity contribution in [2.45, 2.75) is 6.92 Å². The van der Waals surface area contributed by atoms with Crippen LogP contribution in [0, 0.1) is 6.92 Å². The molecule has 0 aliphatic heterocycles. The Labute approximate surface area is 151 Å². The lowest BCUT2D eigenvalue weighted by Gasteiger charge is -2.09. The maximum Gasteiger partial charge on any atom is 0.297 e. The van der Waals surface area contributed by atoms with Crippen LogP contribution in [0.2, 0.25) is 0 Å². The molecule has 0 bridgehead atoms. The van der Waals surface area contributed by atoms with Crippen LogP contribution < -0.4 is 4.74 Å². The third-order valence-electron chi connectivity index (χ3n) is 4.09. The van der Waals surface area contributed by atoms with E-state index < -0.39 is 0 Å². The number of rotatable bonds is 3. The molecule has 5 aromatic rings. The van der Waals surface area contributed by atoms with Crippen LogP contribution in [0.3, 0.4) is 0 Å². The second kappa shape index (κ2) is 5.56. The Kier molecular flexibility index (Phi) is 3.16. The van der Waals surface area contributed by atoms with E-state index in [-0.39, 0.29) is 5.89 Å². The number of aryl methyl sites for hydroxylation is 2. The lowest BCUT2D eigenvalue weighted by atomic mass is 10.1. The monoisotopic (exact) mass is 363 g/mol. The second-order valence-corrected chi connectivity index (χ2v) is 5.88. The number of ether oxygens (including phenoxy) is 1. The highest BCUT2D eigenvalue weighted by Crippen LogP contribution is 2.35. The van der Waals surface area contributed by atoms with E-state index in [1.54, 1.807) is 36.6 Å². The van der Waals surface area contributed by atoms with Gasteiger partial charge in [0.2, 0.25) is 11.6 Å². The SMILES string of the molecule is COc1cccc2c1c(-c1ncn(C)n1)nn1c(-c3nc(C)no3)nnc21. The van der Waals surface area contributed by atoms with Gasteiger partial charge in [-0.15, -0.1) is 15.3 Å². The first-order valence-corrected chi connectivity index (χ1v) is 8.04. The van der Waals surface area contributed by atoms with Gasteiger partial charge in [-0.25, -0.2) is 4.98 Å². The summed E-state index contributed by atoms with van der Waals surface area (Å²) in [6.45, 7) is 1.73. The molecule has 4 aromatic heterocycles. The van der Waals surface area contributed by atoms with Crippen molar-refractivity contribution in [3.05, 3.63) is 30.4 Å². The number of fused-ring (bicyclic) bond motifs is 3. The summed E-state index contributed by atoms with van der Waals surface area (Å²) in [6, 6.07) is 5.65. The van der Waals surface area contributed by atoms with Crippen LogP contribution in [0.5, 0.6) is 5.75 Å². The highest BCUT2D eigenvalue weighted by Gasteiger charge is 2.23. The lowest BCUT2D eigenvalue weighted by molar-refractivity contribution is 0.419. The van der Waals surface area contributed by atoms with Crippen molar-refractivity contribution in [3.63, 3.8) is 0 Å². The highest BCUT2D eigenvalue weighted by atomic mass is 16.5. The maximum atomic E-state index is 5.54. The minimum Gasteiger partial charge on any atom is -0.496 e. The summed E-state index contributed by atoms with van der Waals surface area (Å²) in [6.07, 6.45) is 1.61. The van der Waals surface area contributed by atoms with Crippen LogP contribution in [0.25, 0.3) is 39.7 Å². The number of aromatic nitrogens is 9. The van der Waals surface area contributed by atoms with Gasteiger partial charge in [-0.05, 0) is 13.0 Å². The topological polar surface area (TPSA) is 122 Å². The fourth-order valence-corrected chi connectivity index (χ4v) is 2.95. The minimum absolute atomic E-state index is 0.231. The summed E-state index contributed by atoms with van der Waals surface area (Å²) in [5, 5.41) is 22.9. The van der Waals surface area contributed by atoms with Crippen LogP contribution in [0.15, 0.2) is 29.0 Å². The van der Waals surface area contributed by atoms with Crippen molar-refractivity contribution in [3.8, 4) is 29.0 Å². The van der Waals surface area contributed by atoms with Crippen LogP contribution in [-0.2, 0) is 7.05 Å². The molecule has 11 heteroatoms. The summed E-state index contributed by atoms with van der Waals surface area (Å²) in [7, 11) is 3.39. The number of hydrogen-bond acceptors (Lipinski definition) is 9. The summed E-state index contributed by atoms with van der Waals surface area (Å²) in [4.78, 5) is 8.56. The fourth-order valence-electron chi connectivity index (χ4n) is 2.95. The number of hydrogen-bond donors (Lipinski definition) is 0. The number of methoxy groups -OCH3 is 1. The standard InChI is InChI=1S/C16H13N9O2/c1-8-18-16(27-23-8)15-20-19-14-9-5-4-6-10(26-3)11(9)12(21-25(14)15)13-17-7-24(2)22-13/h4-7H,1-3H3. The molecule has 0 atom stereocenters. The molecule has 0 aliphatic carbocycles. The van der Waals surface area contributed by atoms with Gasteiger partial charge in [0.25, 0.3) is 5.89 Å². The molecule has 27 heavy (non-hydrogen) atoms. The zero-order chi connectivity index (χ0) is 18.5. The Balaban J connectivity index is 1.92. The molecule has 1 aromatic carbocycles. The van der Waals surface area contributed by atoms with Crippen LogP contribution in [0.1, 0.15) is 5.82 Å². The molecule has 0 saturated heterocycles. The molecule has 4 heterocycles. The van der Waals surface area contributed by atoms with Crippen molar-refractivity contribution in [1.82, 2.24) is 44.7 Å². The predicted octanol–water partition coefficient (Wildman–Crippen LogP) is 1.44. The average molecular weight is 363 g/mol. The smallest absolute Gasteiger partial charge is 0.297 e. The van der Waals surface area contributed by atoms with Gasteiger partial charge in [-0.2, -0.15) is 14.6 Å². The van der Waals surface area contributed by atoms with Gasteiger partial charge in [0.1, 0.15) is 17.8 Å². The largest absolute Gasteiger partial charge is 0.496 e. The zero-order valence-corrected chi connectivity index (χ0v) is 14.7. The van der Waals surface area contributed by atoms with Gasteiger partial charge in [-0.3, -0.25) is 4.68 Å². The van der Waals surface area contributed by atoms with E-state index in [1.807, 2.05) is 18.2 Å². The van der Waals surface area contributed by atoms with Crippen LogP contribution >= 0.6 is 0 Å². The second-order valence-electron chi connectivity index (χ2n) is 5.88. The van der Waals surface area contributed by atoms with E-state index in [0.717, 1.165) is 10.8 Å².